The monoisotopic (exact) mass is 373 g/mol. The third-order valence-electron chi connectivity index (χ3n) is 7.60. The van der Waals surface area contributed by atoms with E-state index in [0.717, 1.165) is 36.5 Å². The number of amides is 1. The van der Waals surface area contributed by atoms with Crippen LogP contribution in [0, 0.1) is 22.7 Å². The van der Waals surface area contributed by atoms with Gasteiger partial charge in [0.1, 0.15) is 11.5 Å². The van der Waals surface area contributed by atoms with Crippen LogP contribution in [0.4, 0.5) is 0 Å². The highest BCUT2D eigenvalue weighted by molar-refractivity contribution is 5.73. The number of hydrogen-bond donors (Lipinski definition) is 1. The zero-order valence-electron chi connectivity index (χ0n) is 17.0. The highest BCUT2D eigenvalue weighted by Gasteiger charge is 2.68. The zero-order valence-corrected chi connectivity index (χ0v) is 17.0. The van der Waals surface area contributed by atoms with Crippen LogP contribution in [0.15, 0.2) is 18.2 Å². The summed E-state index contributed by atoms with van der Waals surface area (Å²) < 4.78 is 17.4. The lowest BCUT2D eigenvalue weighted by Crippen LogP contribution is -2.58. The molecule has 0 radical (unpaired) electrons. The van der Waals surface area contributed by atoms with Gasteiger partial charge in [0, 0.05) is 31.2 Å². The van der Waals surface area contributed by atoms with Crippen LogP contribution in [0.25, 0.3) is 0 Å². The minimum Gasteiger partial charge on any atom is -0.497 e. The van der Waals surface area contributed by atoms with Crippen molar-refractivity contribution in [1.29, 1.82) is 0 Å². The molecule has 1 saturated heterocycles. The fourth-order valence-corrected chi connectivity index (χ4v) is 6.35. The number of hydrogen-bond acceptors (Lipinski definition) is 4. The van der Waals surface area contributed by atoms with Crippen molar-refractivity contribution in [1.82, 2.24) is 5.32 Å². The number of fused-ring (bicyclic) bond motifs is 1. The maximum absolute atomic E-state index is 12.0. The second-order valence-corrected chi connectivity index (χ2v) is 9.08. The number of methoxy groups -OCH3 is 2. The van der Waals surface area contributed by atoms with Crippen molar-refractivity contribution in [3.05, 3.63) is 23.8 Å². The largest absolute Gasteiger partial charge is 0.497 e. The average Bonchev–Trinajstić information content (AvgIpc) is 3.13. The SMILES string of the molecule is COc1ccc([C@H]2OCC[C@@]34C[C@@H](C[C@H]23)C(C)(C)[C@H]4NC(C)=O)c(OC)c1. The molecule has 2 saturated carbocycles. The summed E-state index contributed by atoms with van der Waals surface area (Å²) in [7, 11) is 3.36. The molecule has 1 aromatic rings. The van der Waals surface area contributed by atoms with E-state index in [4.69, 9.17) is 14.2 Å². The Morgan fingerprint density at radius 1 is 1.26 bits per heavy atom. The molecule has 1 heterocycles. The lowest BCUT2D eigenvalue weighted by Gasteiger charge is -2.53. The van der Waals surface area contributed by atoms with E-state index in [2.05, 4.69) is 25.2 Å². The summed E-state index contributed by atoms with van der Waals surface area (Å²) in [5, 5.41) is 3.33. The third-order valence-corrected chi connectivity index (χ3v) is 7.60. The molecule has 5 atom stereocenters. The molecular weight excluding hydrogens is 342 g/mol. The summed E-state index contributed by atoms with van der Waals surface area (Å²) in [4.78, 5) is 12.0. The Morgan fingerprint density at radius 2 is 2.04 bits per heavy atom. The van der Waals surface area contributed by atoms with Crippen molar-refractivity contribution in [3.8, 4) is 11.5 Å². The number of carbonyl (C=O) groups is 1. The molecule has 2 aliphatic carbocycles. The van der Waals surface area contributed by atoms with Gasteiger partial charge in [-0.3, -0.25) is 4.79 Å². The molecule has 0 unspecified atom stereocenters. The molecule has 3 fully saturated rings. The van der Waals surface area contributed by atoms with E-state index < -0.39 is 0 Å². The van der Waals surface area contributed by atoms with Crippen LogP contribution in [0.1, 0.15) is 51.7 Å². The fraction of sp³-hybridized carbons (Fsp3) is 0.682. The van der Waals surface area contributed by atoms with Crippen LogP contribution >= 0.6 is 0 Å². The van der Waals surface area contributed by atoms with Crippen molar-refractivity contribution < 1.29 is 19.0 Å². The molecule has 0 aromatic heterocycles. The molecule has 1 N–H and O–H groups in total. The van der Waals surface area contributed by atoms with Crippen molar-refractivity contribution in [2.24, 2.45) is 22.7 Å². The molecule has 4 rings (SSSR count). The Hall–Kier alpha value is -1.75. The molecule has 5 heteroatoms. The molecule has 27 heavy (non-hydrogen) atoms. The molecule has 5 nitrogen and oxygen atoms in total. The maximum atomic E-state index is 12.0. The minimum atomic E-state index is -0.00281. The van der Waals surface area contributed by atoms with E-state index >= 15 is 0 Å². The van der Waals surface area contributed by atoms with E-state index in [1.54, 1.807) is 21.1 Å². The first-order valence-electron chi connectivity index (χ1n) is 9.94. The van der Waals surface area contributed by atoms with Crippen LogP contribution in [0.5, 0.6) is 11.5 Å². The predicted molar refractivity (Wildman–Crippen MR) is 103 cm³/mol. The standard InChI is InChI=1S/C22H31NO4/c1-13(24)23-20-21(2,3)14-10-17-19(27-9-8-22(17,20)12-14)16-7-6-15(25-4)11-18(16)26-5/h6-7,11,14,17,19-20H,8-10,12H2,1-5H3,(H,23,24)/t14-,17-,19-,20-,22-/m1/s1. The van der Waals surface area contributed by atoms with Gasteiger partial charge in [-0.05, 0) is 54.1 Å². The van der Waals surface area contributed by atoms with E-state index in [1.807, 2.05) is 12.1 Å². The molecule has 1 aromatic carbocycles. The van der Waals surface area contributed by atoms with Gasteiger partial charge in [0.05, 0.1) is 20.3 Å². The Balaban J connectivity index is 1.73. The summed E-state index contributed by atoms with van der Waals surface area (Å²) in [6.45, 7) is 7.00. The van der Waals surface area contributed by atoms with Crippen molar-refractivity contribution >= 4 is 5.91 Å². The molecule has 3 aliphatic rings. The smallest absolute Gasteiger partial charge is 0.217 e. The summed E-state index contributed by atoms with van der Waals surface area (Å²) in [5.41, 5.74) is 1.32. The molecule has 1 aliphatic heterocycles. The Kier molecular flexibility index (Phi) is 4.41. The van der Waals surface area contributed by atoms with Gasteiger partial charge < -0.3 is 19.5 Å². The molecular formula is C22H31NO4. The normalized spacial score (nSPS) is 36.2. The topological polar surface area (TPSA) is 56.8 Å². The first-order chi connectivity index (χ1) is 12.8. The molecule has 148 valence electrons. The van der Waals surface area contributed by atoms with Gasteiger partial charge in [-0.15, -0.1) is 0 Å². The van der Waals surface area contributed by atoms with Gasteiger partial charge in [0.2, 0.25) is 5.91 Å². The van der Waals surface area contributed by atoms with Crippen LogP contribution in [0.3, 0.4) is 0 Å². The molecule has 1 amide bonds. The van der Waals surface area contributed by atoms with E-state index in [0.29, 0.717) is 11.8 Å². The minimum absolute atomic E-state index is 0.00281. The van der Waals surface area contributed by atoms with Crippen LogP contribution in [-0.4, -0.2) is 32.8 Å². The first-order valence-corrected chi connectivity index (χ1v) is 9.94. The second kappa shape index (κ2) is 6.40. The number of ether oxygens (including phenoxy) is 3. The summed E-state index contributed by atoms with van der Waals surface area (Å²) >= 11 is 0. The van der Waals surface area contributed by atoms with Gasteiger partial charge in [0.25, 0.3) is 0 Å². The second-order valence-electron chi connectivity index (χ2n) is 9.08. The molecule has 1 spiro atoms. The maximum Gasteiger partial charge on any atom is 0.217 e. The van der Waals surface area contributed by atoms with Gasteiger partial charge in [-0.2, -0.15) is 0 Å². The summed E-state index contributed by atoms with van der Waals surface area (Å²) in [6, 6.07) is 6.18. The number of rotatable bonds is 4. The first kappa shape index (κ1) is 18.6. The van der Waals surface area contributed by atoms with Gasteiger partial charge in [0.15, 0.2) is 0 Å². The Morgan fingerprint density at radius 3 is 2.70 bits per heavy atom. The van der Waals surface area contributed by atoms with E-state index in [1.165, 1.54) is 6.42 Å². The van der Waals surface area contributed by atoms with Gasteiger partial charge in [-0.25, -0.2) is 0 Å². The van der Waals surface area contributed by atoms with Crippen LogP contribution in [-0.2, 0) is 9.53 Å². The zero-order chi connectivity index (χ0) is 19.4. The van der Waals surface area contributed by atoms with Gasteiger partial charge >= 0.3 is 0 Å². The fourth-order valence-electron chi connectivity index (χ4n) is 6.35. The Labute approximate surface area is 161 Å². The quantitative estimate of drug-likeness (QED) is 0.874. The van der Waals surface area contributed by atoms with Gasteiger partial charge in [-0.1, -0.05) is 13.8 Å². The van der Waals surface area contributed by atoms with Crippen molar-refractivity contribution in [2.75, 3.05) is 20.8 Å². The van der Waals surface area contributed by atoms with E-state index in [-0.39, 0.29) is 28.9 Å². The summed E-state index contributed by atoms with van der Waals surface area (Å²) in [6.07, 6.45) is 3.32. The number of nitrogens with one attached hydrogen (secondary N) is 1. The highest BCUT2D eigenvalue weighted by Crippen LogP contribution is 2.70. The van der Waals surface area contributed by atoms with E-state index in [9.17, 15) is 4.79 Å². The third kappa shape index (κ3) is 2.65. The van der Waals surface area contributed by atoms with Crippen molar-refractivity contribution in [2.45, 2.75) is 52.2 Å². The Bertz CT molecular complexity index is 746. The predicted octanol–water partition coefficient (Wildman–Crippen LogP) is 3.72. The molecule has 2 bridgehead atoms. The lowest BCUT2D eigenvalue weighted by atomic mass is 9.58. The van der Waals surface area contributed by atoms with Crippen LogP contribution < -0.4 is 14.8 Å². The number of benzene rings is 1. The lowest BCUT2D eigenvalue weighted by molar-refractivity contribution is -0.136. The highest BCUT2D eigenvalue weighted by atomic mass is 16.5. The van der Waals surface area contributed by atoms with Crippen molar-refractivity contribution in [3.63, 3.8) is 0 Å². The van der Waals surface area contributed by atoms with Crippen LogP contribution in [0.2, 0.25) is 0 Å². The number of carbonyl (C=O) groups excluding carboxylic acids is 1. The average molecular weight is 373 g/mol. The summed E-state index contributed by atoms with van der Waals surface area (Å²) in [5.74, 6) is 2.66.